The van der Waals surface area contributed by atoms with Crippen LogP contribution in [0.1, 0.15) is 16.7 Å². The summed E-state index contributed by atoms with van der Waals surface area (Å²) < 4.78 is 4.45. The van der Waals surface area contributed by atoms with Crippen molar-refractivity contribution in [2.75, 3.05) is 0 Å². The van der Waals surface area contributed by atoms with Gasteiger partial charge in [-0.2, -0.15) is 15.8 Å². The van der Waals surface area contributed by atoms with Crippen molar-refractivity contribution < 1.29 is 0 Å². The van der Waals surface area contributed by atoms with Gasteiger partial charge >= 0.3 is 0 Å². The fraction of sp³-hybridized carbons (Fsp3) is 0. The first-order chi connectivity index (χ1) is 24.7. The van der Waals surface area contributed by atoms with Crippen LogP contribution in [-0.4, -0.2) is 9.13 Å². The molecule has 0 bridgehead atoms. The van der Waals surface area contributed by atoms with Gasteiger partial charge in [0, 0.05) is 38.4 Å². The summed E-state index contributed by atoms with van der Waals surface area (Å²) >= 11 is 0. The molecule has 50 heavy (non-hydrogen) atoms. The van der Waals surface area contributed by atoms with Crippen molar-refractivity contribution in [2.24, 2.45) is 0 Å². The van der Waals surface area contributed by atoms with Gasteiger partial charge in [-0.15, -0.1) is 0 Å². The summed E-state index contributed by atoms with van der Waals surface area (Å²) in [5.74, 6) is 0. The van der Waals surface area contributed by atoms with E-state index in [0.717, 1.165) is 66.5 Å². The number of aromatic nitrogens is 2. The molecule has 0 unspecified atom stereocenters. The maximum absolute atomic E-state index is 10.8. The maximum atomic E-state index is 10.8. The summed E-state index contributed by atoms with van der Waals surface area (Å²) in [4.78, 5) is 0. The molecule has 0 fully saturated rings. The van der Waals surface area contributed by atoms with Crippen LogP contribution in [0.15, 0.2) is 152 Å². The first-order valence-corrected chi connectivity index (χ1v) is 16.3. The van der Waals surface area contributed by atoms with Crippen molar-refractivity contribution >= 4 is 43.6 Å². The summed E-state index contributed by atoms with van der Waals surface area (Å²) in [6.45, 7) is 0. The molecule has 0 aliphatic heterocycles. The lowest BCUT2D eigenvalue weighted by molar-refractivity contribution is 1.17. The summed E-state index contributed by atoms with van der Waals surface area (Å²) in [5, 5.41) is 34.4. The first kappa shape index (κ1) is 28.8. The Balaban J connectivity index is 1.41. The number of nitriles is 3. The van der Waals surface area contributed by atoms with E-state index in [1.807, 2.05) is 66.7 Å². The third-order valence-electron chi connectivity index (χ3n) is 9.60. The van der Waals surface area contributed by atoms with Gasteiger partial charge in [-0.3, -0.25) is 0 Å². The van der Waals surface area contributed by atoms with Crippen LogP contribution in [0.4, 0.5) is 0 Å². The van der Waals surface area contributed by atoms with Crippen LogP contribution < -0.4 is 0 Å². The lowest BCUT2D eigenvalue weighted by Gasteiger charge is -2.20. The van der Waals surface area contributed by atoms with Gasteiger partial charge in [0.05, 0.1) is 62.7 Å². The largest absolute Gasteiger partial charge is 0.309 e. The normalized spacial score (nSPS) is 11.1. The van der Waals surface area contributed by atoms with Crippen LogP contribution in [0.3, 0.4) is 0 Å². The molecule has 0 spiro atoms. The SMILES string of the molecule is N#Cc1ccc2c(c1)c1cc(C#N)ccc1n2-c1cc(C#N)c(-c2ccccc2)c(-c2ccccc2-n2c3ccccc3c3ccccc32)c1. The van der Waals surface area contributed by atoms with Crippen molar-refractivity contribution in [2.45, 2.75) is 0 Å². The Labute approximate surface area is 287 Å². The molecule has 2 heterocycles. The molecule has 7 aromatic carbocycles. The number of benzene rings is 7. The molecule has 0 aliphatic rings. The molecule has 0 saturated carbocycles. The maximum Gasteiger partial charge on any atom is 0.0999 e. The number of rotatable bonds is 4. The Morgan fingerprint density at radius 3 is 1.54 bits per heavy atom. The minimum Gasteiger partial charge on any atom is -0.309 e. The highest BCUT2D eigenvalue weighted by Crippen LogP contribution is 2.43. The number of para-hydroxylation sites is 3. The average molecular weight is 636 g/mol. The molecule has 0 N–H and O–H groups in total. The highest BCUT2D eigenvalue weighted by molar-refractivity contribution is 6.11. The molecule has 230 valence electrons. The van der Waals surface area contributed by atoms with E-state index in [9.17, 15) is 15.8 Å². The van der Waals surface area contributed by atoms with Crippen molar-refractivity contribution in [1.82, 2.24) is 9.13 Å². The van der Waals surface area contributed by atoms with Crippen LogP contribution in [0.5, 0.6) is 0 Å². The molecule has 2 aromatic heterocycles. The second kappa shape index (κ2) is 11.4. The Morgan fingerprint density at radius 1 is 0.400 bits per heavy atom. The third-order valence-corrected chi connectivity index (χ3v) is 9.60. The summed E-state index contributed by atoms with van der Waals surface area (Å²) in [6, 6.07) is 57.9. The van der Waals surface area contributed by atoms with Gasteiger partial charge in [0.2, 0.25) is 0 Å². The molecule has 5 nitrogen and oxygen atoms in total. The molecular weight excluding hydrogens is 611 g/mol. The molecule has 5 heteroatoms. The molecule has 0 saturated heterocycles. The monoisotopic (exact) mass is 635 g/mol. The van der Waals surface area contributed by atoms with Gasteiger partial charge in [0.1, 0.15) is 0 Å². The zero-order valence-corrected chi connectivity index (χ0v) is 26.7. The predicted molar refractivity (Wildman–Crippen MR) is 200 cm³/mol. The molecule has 9 aromatic rings. The quantitative estimate of drug-likeness (QED) is 0.193. The molecule has 0 amide bonds. The van der Waals surface area contributed by atoms with Crippen LogP contribution in [-0.2, 0) is 0 Å². The zero-order valence-electron chi connectivity index (χ0n) is 26.7. The predicted octanol–water partition coefficient (Wildman–Crippen LogP) is 10.8. The summed E-state index contributed by atoms with van der Waals surface area (Å²) in [6.07, 6.45) is 0. The van der Waals surface area contributed by atoms with E-state index in [1.54, 1.807) is 0 Å². The topological polar surface area (TPSA) is 81.2 Å². The fourth-order valence-corrected chi connectivity index (χ4v) is 7.49. The van der Waals surface area contributed by atoms with E-state index >= 15 is 0 Å². The van der Waals surface area contributed by atoms with Gasteiger partial charge < -0.3 is 9.13 Å². The van der Waals surface area contributed by atoms with E-state index in [0.29, 0.717) is 16.7 Å². The molecule has 0 radical (unpaired) electrons. The van der Waals surface area contributed by atoms with Crippen molar-refractivity contribution in [3.8, 4) is 51.8 Å². The van der Waals surface area contributed by atoms with E-state index in [1.165, 1.54) is 10.8 Å². The Hall–Kier alpha value is -7.39. The van der Waals surface area contributed by atoms with E-state index < -0.39 is 0 Å². The van der Waals surface area contributed by atoms with Gasteiger partial charge in [-0.05, 0) is 77.9 Å². The lowest BCUT2D eigenvalue weighted by atomic mass is 9.89. The minimum absolute atomic E-state index is 0.539. The van der Waals surface area contributed by atoms with Crippen LogP contribution in [0.25, 0.3) is 77.2 Å². The molecule has 9 rings (SSSR count). The number of hydrogen-bond donors (Lipinski definition) is 0. The standard InChI is InChI=1S/C45H25N5/c46-26-29-18-20-43-37(22-29)38-23-30(27-47)19-21-44(38)49(43)33-24-32(28-48)45(31-10-2-1-3-11-31)39(25-33)36-14-6-9-17-42(36)50-40-15-7-4-12-34(40)35-13-5-8-16-41(35)50/h1-25H. The molecule has 0 atom stereocenters. The fourth-order valence-electron chi connectivity index (χ4n) is 7.49. The van der Waals surface area contributed by atoms with Gasteiger partial charge in [-0.25, -0.2) is 0 Å². The van der Waals surface area contributed by atoms with Gasteiger partial charge in [0.15, 0.2) is 0 Å². The van der Waals surface area contributed by atoms with Crippen LogP contribution >= 0.6 is 0 Å². The molecule has 0 aliphatic carbocycles. The zero-order chi connectivity index (χ0) is 33.8. The Morgan fingerprint density at radius 2 is 0.940 bits per heavy atom. The number of hydrogen-bond acceptors (Lipinski definition) is 3. The third kappa shape index (κ3) is 4.31. The smallest absolute Gasteiger partial charge is 0.0999 e. The highest BCUT2D eigenvalue weighted by Gasteiger charge is 2.22. The second-order valence-electron chi connectivity index (χ2n) is 12.3. The van der Waals surface area contributed by atoms with Crippen molar-refractivity contribution in [1.29, 1.82) is 15.8 Å². The van der Waals surface area contributed by atoms with E-state index in [2.05, 4.69) is 112 Å². The molecular formula is C45H25N5. The average Bonchev–Trinajstić information content (AvgIpc) is 3.69. The number of nitrogens with zero attached hydrogens (tertiary/aromatic N) is 5. The van der Waals surface area contributed by atoms with Crippen LogP contribution in [0.2, 0.25) is 0 Å². The highest BCUT2D eigenvalue weighted by atomic mass is 15.0. The van der Waals surface area contributed by atoms with E-state index in [4.69, 9.17) is 0 Å². The summed E-state index contributed by atoms with van der Waals surface area (Å²) in [5.41, 5.74) is 11.1. The van der Waals surface area contributed by atoms with Gasteiger partial charge in [0.25, 0.3) is 0 Å². The minimum atomic E-state index is 0.539. The van der Waals surface area contributed by atoms with Crippen LogP contribution in [0, 0.1) is 34.0 Å². The van der Waals surface area contributed by atoms with Gasteiger partial charge in [-0.1, -0.05) is 84.9 Å². The lowest BCUT2D eigenvalue weighted by Crippen LogP contribution is -2.02. The van der Waals surface area contributed by atoms with E-state index in [-0.39, 0.29) is 0 Å². The van der Waals surface area contributed by atoms with Crippen molar-refractivity contribution in [3.05, 3.63) is 168 Å². The Bertz CT molecular complexity index is 2830. The number of fused-ring (bicyclic) bond motifs is 6. The van der Waals surface area contributed by atoms with Crippen molar-refractivity contribution in [3.63, 3.8) is 0 Å². The summed E-state index contributed by atoms with van der Waals surface area (Å²) in [7, 11) is 0. The first-order valence-electron chi connectivity index (χ1n) is 16.3. The Kier molecular flexibility index (Phi) is 6.56. The second-order valence-corrected chi connectivity index (χ2v) is 12.3.